The summed E-state index contributed by atoms with van der Waals surface area (Å²) in [6.45, 7) is 7.49. The Morgan fingerprint density at radius 1 is 1.06 bits per heavy atom. The van der Waals surface area contributed by atoms with Crippen molar-refractivity contribution in [3.63, 3.8) is 0 Å². The summed E-state index contributed by atoms with van der Waals surface area (Å²) in [5, 5.41) is 0. The van der Waals surface area contributed by atoms with E-state index in [1.807, 2.05) is 38.1 Å². The molecule has 0 radical (unpaired) electrons. The molecule has 1 aliphatic rings. The Labute approximate surface area is 96.9 Å². The predicted molar refractivity (Wildman–Crippen MR) is 66.1 cm³/mol. The molecule has 4 heteroatoms. The second kappa shape index (κ2) is 3.00. The van der Waals surface area contributed by atoms with Crippen LogP contribution in [-0.2, 0) is 15.4 Å². The maximum Gasteiger partial charge on any atom is 0.238 e. The summed E-state index contributed by atoms with van der Waals surface area (Å²) in [4.78, 5) is 0. The van der Waals surface area contributed by atoms with Crippen LogP contribution in [0.25, 0.3) is 0 Å². The van der Waals surface area contributed by atoms with Gasteiger partial charge in [0.1, 0.15) is 0 Å². The maximum absolute atomic E-state index is 12.2. The molecule has 0 aliphatic carbocycles. The summed E-state index contributed by atoms with van der Waals surface area (Å²) in [7, 11) is -3.33. The Hall–Kier alpha value is -1.03. The van der Waals surface area contributed by atoms with Gasteiger partial charge in [0.05, 0.1) is 10.4 Å². The zero-order valence-electron chi connectivity index (χ0n) is 10.0. The van der Waals surface area contributed by atoms with Crippen molar-refractivity contribution in [2.45, 2.75) is 37.9 Å². The van der Waals surface area contributed by atoms with Crippen LogP contribution in [0.5, 0.6) is 0 Å². The highest BCUT2D eigenvalue weighted by atomic mass is 32.2. The molecule has 3 nitrogen and oxygen atoms in total. The van der Waals surface area contributed by atoms with Gasteiger partial charge in [0.2, 0.25) is 10.0 Å². The summed E-state index contributed by atoms with van der Waals surface area (Å²) >= 11 is 0. The van der Waals surface area contributed by atoms with E-state index in [0.29, 0.717) is 5.69 Å². The first-order valence-electron chi connectivity index (χ1n) is 5.32. The summed E-state index contributed by atoms with van der Waals surface area (Å²) in [5.74, 6) is 0. The predicted octanol–water partition coefficient (Wildman–Crippen LogP) is 2.50. The van der Waals surface area contributed by atoms with E-state index >= 15 is 0 Å². The SMILES string of the molecule is CC1(C)c2ccccc2NS(=O)(=O)C1(C)C. The normalized spacial score (nSPS) is 24.2. The van der Waals surface area contributed by atoms with Crippen LogP contribution in [0.4, 0.5) is 5.69 Å². The topological polar surface area (TPSA) is 46.2 Å². The van der Waals surface area contributed by atoms with Crippen LogP contribution >= 0.6 is 0 Å². The quantitative estimate of drug-likeness (QED) is 0.756. The minimum absolute atomic E-state index is 0.409. The van der Waals surface area contributed by atoms with Crippen LogP contribution in [0.2, 0.25) is 0 Å². The molecule has 0 amide bonds. The lowest BCUT2D eigenvalue weighted by molar-refractivity contribution is 0.382. The minimum atomic E-state index is -3.33. The van der Waals surface area contributed by atoms with E-state index in [1.54, 1.807) is 13.8 Å². The molecule has 0 bridgehead atoms. The number of anilines is 1. The van der Waals surface area contributed by atoms with Crippen molar-refractivity contribution in [3.8, 4) is 0 Å². The van der Waals surface area contributed by atoms with Gasteiger partial charge in [-0.05, 0) is 25.5 Å². The Morgan fingerprint density at radius 3 is 2.25 bits per heavy atom. The van der Waals surface area contributed by atoms with Crippen LogP contribution in [0.1, 0.15) is 33.3 Å². The van der Waals surface area contributed by atoms with E-state index in [0.717, 1.165) is 5.56 Å². The number of benzene rings is 1. The first-order valence-corrected chi connectivity index (χ1v) is 6.80. The Balaban J connectivity index is 2.78. The van der Waals surface area contributed by atoms with Crippen LogP contribution < -0.4 is 4.72 Å². The van der Waals surface area contributed by atoms with E-state index in [1.165, 1.54) is 0 Å². The summed E-state index contributed by atoms with van der Waals surface area (Å²) in [5.41, 5.74) is 1.34. The number of para-hydroxylation sites is 1. The van der Waals surface area contributed by atoms with E-state index in [4.69, 9.17) is 0 Å². The maximum atomic E-state index is 12.2. The average Bonchev–Trinajstić information content (AvgIpc) is 2.15. The monoisotopic (exact) mass is 239 g/mol. The second-order valence-corrected chi connectivity index (χ2v) is 7.52. The van der Waals surface area contributed by atoms with Crippen molar-refractivity contribution in [3.05, 3.63) is 29.8 Å². The fourth-order valence-corrected chi connectivity index (χ4v) is 3.55. The van der Waals surface area contributed by atoms with E-state index in [9.17, 15) is 8.42 Å². The second-order valence-electron chi connectivity index (χ2n) is 5.29. The molecule has 1 N–H and O–H groups in total. The molecule has 0 fully saturated rings. The molecule has 1 aliphatic heterocycles. The molecule has 1 aromatic rings. The van der Waals surface area contributed by atoms with Crippen LogP contribution in [0, 0.1) is 0 Å². The van der Waals surface area contributed by atoms with Crippen molar-refractivity contribution in [1.29, 1.82) is 0 Å². The number of hydrogen-bond acceptors (Lipinski definition) is 2. The largest absolute Gasteiger partial charge is 0.283 e. The van der Waals surface area contributed by atoms with Gasteiger partial charge in [0.15, 0.2) is 0 Å². The highest BCUT2D eigenvalue weighted by Crippen LogP contribution is 2.47. The third-order valence-corrected chi connectivity index (χ3v) is 6.36. The molecule has 16 heavy (non-hydrogen) atoms. The molecule has 0 saturated carbocycles. The van der Waals surface area contributed by atoms with Crippen LogP contribution in [0.3, 0.4) is 0 Å². The van der Waals surface area contributed by atoms with Crippen molar-refractivity contribution in [2.24, 2.45) is 0 Å². The molecule has 2 rings (SSSR count). The Kier molecular flexibility index (Phi) is 2.15. The van der Waals surface area contributed by atoms with Gasteiger partial charge in [-0.2, -0.15) is 0 Å². The first-order chi connectivity index (χ1) is 7.20. The average molecular weight is 239 g/mol. The van der Waals surface area contributed by atoms with Gasteiger partial charge >= 0.3 is 0 Å². The molecule has 88 valence electrons. The van der Waals surface area contributed by atoms with Crippen molar-refractivity contribution < 1.29 is 8.42 Å². The smallest absolute Gasteiger partial charge is 0.238 e. The van der Waals surface area contributed by atoms with Crippen molar-refractivity contribution in [1.82, 2.24) is 0 Å². The Morgan fingerprint density at radius 2 is 1.62 bits per heavy atom. The van der Waals surface area contributed by atoms with Gasteiger partial charge in [0.25, 0.3) is 0 Å². The lowest BCUT2D eigenvalue weighted by Gasteiger charge is -2.46. The number of fused-ring (bicyclic) bond motifs is 1. The first kappa shape index (κ1) is 11.5. The standard InChI is InChI=1S/C12H17NO2S/c1-11(2)9-7-5-6-8-10(9)13-16(14,15)12(11,3)4/h5-8,13H,1-4H3. The number of nitrogens with one attached hydrogen (secondary N) is 1. The third-order valence-electron chi connectivity index (χ3n) is 4.02. The molecule has 0 saturated heterocycles. The summed E-state index contributed by atoms with van der Waals surface area (Å²) in [6, 6.07) is 7.58. The van der Waals surface area contributed by atoms with Crippen molar-refractivity contribution in [2.75, 3.05) is 4.72 Å². The van der Waals surface area contributed by atoms with E-state index < -0.39 is 20.2 Å². The minimum Gasteiger partial charge on any atom is -0.283 e. The highest BCUT2D eigenvalue weighted by Gasteiger charge is 2.52. The summed E-state index contributed by atoms with van der Waals surface area (Å²) < 4.78 is 26.2. The molecular weight excluding hydrogens is 222 g/mol. The molecule has 0 unspecified atom stereocenters. The van der Waals surface area contributed by atoms with E-state index in [-0.39, 0.29) is 0 Å². The van der Waals surface area contributed by atoms with Crippen LogP contribution in [-0.4, -0.2) is 13.2 Å². The lowest BCUT2D eigenvalue weighted by atomic mass is 9.73. The van der Waals surface area contributed by atoms with Gasteiger partial charge < -0.3 is 0 Å². The molecule has 1 heterocycles. The Bertz CT molecular complexity index is 530. The zero-order valence-corrected chi connectivity index (χ0v) is 10.9. The fourth-order valence-electron chi connectivity index (χ4n) is 2.05. The van der Waals surface area contributed by atoms with E-state index in [2.05, 4.69) is 4.72 Å². The van der Waals surface area contributed by atoms with Gasteiger partial charge in [-0.25, -0.2) is 8.42 Å². The van der Waals surface area contributed by atoms with Gasteiger partial charge in [-0.15, -0.1) is 0 Å². The van der Waals surface area contributed by atoms with Crippen LogP contribution in [0.15, 0.2) is 24.3 Å². The van der Waals surface area contributed by atoms with Gasteiger partial charge in [-0.3, -0.25) is 4.72 Å². The van der Waals surface area contributed by atoms with Crippen molar-refractivity contribution >= 4 is 15.7 Å². The molecule has 0 atom stereocenters. The highest BCUT2D eigenvalue weighted by molar-refractivity contribution is 7.94. The fraction of sp³-hybridized carbons (Fsp3) is 0.500. The summed E-state index contributed by atoms with van der Waals surface area (Å²) in [6.07, 6.45) is 0. The lowest BCUT2D eigenvalue weighted by Crippen LogP contribution is -2.54. The number of hydrogen-bond donors (Lipinski definition) is 1. The molecule has 0 spiro atoms. The van der Waals surface area contributed by atoms with Gasteiger partial charge in [-0.1, -0.05) is 32.0 Å². The molecule has 0 aromatic heterocycles. The zero-order chi connectivity index (χ0) is 12.2. The molecular formula is C12H17NO2S. The molecule has 1 aromatic carbocycles. The number of sulfonamides is 1. The number of rotatable bonds is 0. The van der Waals surface area contributed by atoms with Gasteiger partial charge in [0, 0.05) is 5.41 Å². The third kappa shape index (κ3) is 1.22.